The molecule has 0 radical (unpaired) electrons. The van der Waals surface area contributed by atoms with Crippen molar-refractivity contribution in [1.29, 1.82) is 0 Å². The number of nitrogens with one attached hydrogen (secondary N) is 1. The molecule has 0 aliphatic heterocycles. The number of ketones is 1. The number of H-pyrrole nitrogens is 1. The molecule has 2 fully saturated rings. The molecule has 0 spiro atoms. The molecule has 2 heterocycles. The Morgan fingerprint density at radius 3 is 2.56 bits per heavy atom. The third-order valence-electron chi connectivity index (χ3n) is 6.23. The molecule has 2 aliphatic carbocycles. The highest BCUT2D eigenvalue weighted by Crippen LogP contribution is 2.41. The summed E-state index contributed by atoms with van der Waals surface area (Å²) >= 11 is 1.27. The molecule has 0 saturated heterocycles. The van der Waals surface area contributed by atoms with Crippen LogP contribution in [0.5, 0.6) is 0 Å². The molecule has 0 amide bonds. The number of Topliss-reactive ketones (excluding diaryl/α,β-unsaturated/α-hetero) is 1. The van der Waals surface area contributed by atoms with Crippen molar-refractivity contribution in [1.82, 2.24) is 19.5 Å². The zero-order chi connectivity index (χ0) is 22.4. The van der Waals surface area contributed by atoms with Crippen LogP contribution >= 0.6 is 11.8 Å². The summed E-state index contributed by atoms with van der Waals surface area (Å²) < 4.78 is 1.61. The zero-order valence-electron chi connectivity index (χ0n) is 18.3. The second-order valence-corrected chi connectivity index (χ2v) is 9.59. The highest BCUT2D eigenvalue weighted by molar-refractivity contribution is 8.00. The molecule has 8 heteroatoms. The van der Waals surface area contributed by atoms with Crippen LogP contribution in [-0.2, 0) is 12.8 Å². The molecular weight excluding hydrogens is 424 g/mol. The van der Waals surface area contributed by atoms with Gasteiger partial charge >= 0.3 is 5.69 Å². The number of fused-ring (bicyclic) bond motifs is 1. The van der Waals surface area contributed by atoms with E-state index in [1.54, 1.807) is 4.57 Å². The molecule has 3 aromatic rings. The van der Waals surface area contributed by atoms with E-state index in [-0.39, 0.29) is 23.5 Å². The van der Waals surface area contributed by atoms with Gasteiger partial charge in [-0.05, 0) is 55.7 Å². The number of hydrogen-bond acceptors (Lipinski definition) is 6. The lowest BCUT2D eigenvalue weighted by molar-refractivity contribution is 0.102. The van der Waals surface area contributed by atoms with E-state index >= 15 is 0 Å². The van der Waals surface area contributed by atoms with Crippen LogP contribution in [0, 0.1) is 0 Å². The summed E-state index contributed by atoms with van der Waals surface area (Å²) in [5.41, 5.74) is 2.41. The third-order valence-corrected chi connectivity index (χ3v) is 7.20. The van der Waals surface area contributed by atoms with Crippen molar-refractivity contribution >= 4 is 28.6 Å². The highest BCUT2D eigenvalue weighted by Gasteiger charge is 2.32. The lowest BCUT2D eigenvalue weighted by Crippen LogP contribution is -2.31. The Labute approximate surface area is 189 Å². The Morgan fingerprint density at radius 2 is 1.91 bits per heavy atom. The number of aromatic amines is 1. The standard InChI is InChI=1S/C24H26N4O3S/c1-3-13-5-6-14(4-2)17(11-13)18(29)12-32-23-19-21(25-20(26-23)15-7-8-15)28(16-9-10-16)24(31)27-22(19)30/h5-6,11,15-16H,3-4,7-10,12H2,1-2H3,(H,27,30,31). The number of rotatable bonds is 8. The van der Waals surface area contributed by atoms with E-state index < -0.39 is 11.2 Å². The first-order valence-corrected chi connectivity index (χ1v) is 12.3. The Kier molecular flexibility index (Phi) is 5.49. The first-order chi connectivity index (χ1) is 15.5. The minimum absolute atomic E-state index is 0.0221. The van der Waals surface area contributed by atoms with Crippen molar-refractivity contribution in [2.24, 2.45) is 0 Å². The molecule has 2 aliphatic rings. The van der Waals surface area contributed by atoms with Gasteiger partial charge in [0.05, 0.1) is 5.75 Å². The fourth-order valence-electron chi connectivity index (χ4n) is 4.06. The van der Waals surface area contributed by atoms with E-state index in [4.69, 9.17) is 0 Å². The maximum absolute atomic E-state index is 13.2. The summed E-state index contributed by atoms with van der Waals surface area (Å²) in [5, 5.41) is 0.808. The average Bonchev–Trinajstić information content (AvgIpc) is 3.69. The predicted molar refractivity (Wildman–Crippen MR) is 125 cm³/mol. The van der Waals surface area contributed by atoms with Crippen LogP contribution < -0.4 is 11.2 Å². The fourth-order valence-corrected chi connectivity index (χ4v) is 4.97. The highest BCUT2D eigenvalue weighted by atomic mass is 32.2. The first-order valence-electron chi connectivity index (χ1n) is 11.3. The molecule has 0 bridgehead atoms. The summed E-state index contributed by atoms with van der Waals surface area (Å²) in [7, 11) is 0. The van der Waals surface area contributed by atoms with Crippen molar-refractivity contribution in [3.63, 3.8) is 0 Å². The SMILES string of the molecule is CCc1ccc(CC)c(C(=O)CSc2nc(C3CC3)nc3c2c(=O)[nH]c(=O)n3C2CC2)c1. The van der Waals surface area contributed by atoms with Crippen LogP contribution in [0.4, 0.5) is 0 Å². The largest absolute Gasteiger partial charge is 0.330 e. The predicted octanol–water partition coefficient (Wildman–Crippen LogP) is 3.79. The van der Waals surface area contributed by atoms with Crippen molar-refractivity contribution in [2.75, 3.05) is 5.75 Å². The van der Waals surface area contributed by atoms with Gasteiger partial charge in [-0.3, -0.25) is 19.1 Å². The molecule has 1 N–H and O–H groups in total. The van der Waals surface area contributed by atoms with Gasteiger partial charge < -0.3 is 0 Å². The van der Waals surface area contributed by atoms with Gasteiger partial charge in [-0.1, -0.05) is 37.7 Å². The molecule has 7 nitrogen and oxygen atoms in total. The van der Waals surface area contributed by atoms with Gasteiger partial charge in [0, 0.05) is 17.5 Å². The van der Waals surface area contributed by atoms with Crippen LogP contribution in [0.25, 0.3) is 11.0 Å². The number of thioether (sulfide) groups is 1. The molecule has 1 aromatic carbocycles. The molecule has 5 rings (SSSR count). The Balaban J connectivity index is 1.55. The lowest BCUT2D eigenvalue weighted by Gasteiger charge is -2.12. The number of aromatic nitrogens is 4. The molecule has 2 saturated carbocycles. The zero-order valence-corrected chi connectivity index (χ0v) is 19.1. The molecule has 0 unspecified atom stereocenters. The summed E-state index contributed by atoms with van der Waals surface area (Å²) in [6, 6.07) is 6.15. The van der Waals surface area contributed by atoms with E-state index in [0.29, 0.717) is 21.9 Å². The van der Waals surface area contributed by atoms with Crippen molar-refractivity contribution in [3.05, 3.63) is 61.6 Å². The summed E-state index contributed by atoms with van der Waals surface area (Å²) in [6.45, 7) is 4.11. The number of benzene rings is 1. The van der Waals surface area contributed by atoms with Gasteiger partial charge in [0.15, 0.2) is 11.4 Å². The van der Waals surface area contributed by atoms with Gasteiger partial charge in [0.25, 0.3) is 5.56 Å². The monoisotopic (exact) mass is 450 g/mol. The Bertz CT molecular complexity index is 1340. The van der Waals surface area contributed by atoms with Crippen LogP contribution in [0.2, 0.25) is 0 Å². The quantitative estimate of drug-likeness (QED) is 0.319. The van der Waals surface area contributed by atoms with E-state index in [1.165, 1.54) is 11.8 Å². The summed E-state index contributed by atoms with van der Waals surface area (Å²) in [5.74, 6) is 1.14. The van der Waals surface area contributed by atoms with E-state index in [0.717, 1.165) is 55.2 Å². The smallest absolute Gasteiger partial charge is 0.293 e. The minimum Gasteiger partial charge on any atom is -0.293 e. The third kappa shape index (κ3) is 3.92. The second-order valence-electron chi connectivity index (χ2n) is 8.63. The Hall–Kier alpha value is -2.74. The number of carbonyl (C=O) groups excluding carboxylic acids is 1. The van der Waals surface area contributed by atoms with Gasteiger partial charge in [-0.2, -0.15) is 0 Å². The van der Waals surface area contributed by atoms with Gasteiger partial charge in [-0.15, -0.1) is 0 Å². The molecular formula is C24H26N4O3S. The van der Waals surface area contributed by atoms with Crippen LogP contribution in [0.3, 0.4) is 0 Å². The maximum Gasteiger partial charge on any atom is 0.330 e. The molecule has 32 heavy (non-hydrogen) atoms. The Morgan fingerprint density at radius 1 is 1.12 bits per heavy atom. The van der Waals surface area contributed by atoms with Crippen molar-refractivity contribution in [2.45, 2.75) is 69.4 Å². The van der Waals surface area contributed by atoms with Gasteiger partial charge in [-0.25, -0.2) is 14.8 Å². The van der Waals surface area contributed by atoms with Gasteiger partial charge in [0.1, 0.15) is 16.2 Å². The number of carbonyl (C=O) groups is 1. The van der Waals surface area contributed by atoms with Gasteiger partial charge in [0.2, 0.25) is 0 Å². The summed E-state index contributed by atoms with van der Waals surface area (Å²) in [6.07, 6.45) is 5.47. The van der Waals surface area contributed by atoms with Crippen LogP contribution in [0.15, 0.2) is 32.8 Å². The number of nitrogens with zero attached hydrogens (tertiary/aromatic N) is 3. The maximum atomic E-state index is 13.2. The molecule has 166 valence electrons. The molecule has 2 aromatic heterocycles. The average molecular weight is 451 g/mol. The van der Waals surface area contributed by atoms with E-state index in [9.17, 15) is 14.4 Å². The van der Waals surface area contributed by atoms with E-state index in [2.05, 4.69) is 27.9 Å². The summed E-state index contributed by atoms with van der Waals surface area (Å²) in [4.78, 5) is 50.2. The number of aryl methyl sites for hydroxylation is 2. The minimum atomic E-state index is -0.485. The number of hydrogen-bond donors (Lipinski definition) is 1. The fraction of sp³-hybridized carbons (Fsp3) is 0.458. The van der Waals surface area contributed by atoms with Crippen LogP contribution in [-0.4, -0.2) is 31.1 Å². The van der Waals surface area contributed by atoms with Crippen molar-refractivity contribution < 1.29 is 4.79 Å². The normalized spacial score (nSPS) is 15.9. The first kappa shape index (κ1) is 21.1. The van der Waals surface area contributed by atoms with E-state index in [1.807, 2.05) is 19.1 Å². The lowest BCUT2D eigenvalue weighted by atomic mass is 9.98. The van der Waals surface area contributed by atoms with Crippen LogP contribution in [0.1, 0.15) is 78.8 Å². The van der Waals surface area contributed by atoms with Crippen molar-refractivity contribution in [3.8, 4) is 0 Å². The molecule has 0 atom stereocenters. The topological polar surface area (TPSA) is 97.7 Å². The second kappa shape index (κ2) is 8.31.